The molecule has 0 aromatic carbocycles. The summed E-state index contributed by atoms with van der Waals surface area (Å²) in [6.45, 7) is 12.3. The van der Waals surface area contributed by atoms with Crippen LogP contribution in [0.4, 0.5) is 17.6 Å². The van der Waals surface area contributed by atoms with E-state index in [1.165, 1.54) is 12.5 Å². The Kier molecular flexibility index (Phi) is 9.86. The van der Waals surface area contributed by atoms with Crippen LogP contribution < -0.4 is 0 Å². The van der Waals surface area contributed by atoms with Gasteiger partial charge in [0.1, 0.15) is 24.6 Å². The number of halogens is 4. The first-order valence-electron chi connectivity index (χ1n) is 9.63. The van der Waals surface area contributed by atoms with Gasteiger partial charge in [0.25, 0.3) is 6.47 Å². The molecule has 0 heterocycles. The number of hydrogen-bond acceptors (Lipinski definition) is 4. The zero-order valence-corrected chi connectivity index (χ0v) is 17.1. The van der Waals surface area contributed by atoms with E-state index in [9.17, 15) is 27.2 Å². The Labute approximate surface area is 169 Å². The van der Waals surface area contributed by atoms with Crippen molar-refractivity contribution in [2.45, 2.75) is 83.3 Å². The van der Waals surface area contributed by atoms with Gasteiger partial charge in [-0.2, -0.15) is 0 Å². The number of ether oxygens (including phenoxy) is 2. The third-order valence-corrected chi connectivity index (χ3v) is 5.05. The van der Waals surface area contributed by atoms with Gasteiger partial charge in [-0.3, -0.25) is 4.79 Å². The molecule has 2 rings (SSSR count). The summed E-state index contributed by atoms with van der Waals surface area (Å²) in [7, 11) is 0. The molecule has 0 aromatic rings. The Morgan fingerprint density at radius 3 is 1.93 bits per heavy atom. The number of hydrogen-bond donors (Lipinski definition) is 0. The van der Waals surface area contributed by atoms with E-state index in [2.05, 4.69) is 17.9 Å². The van der Waals surface area contributed by atoms with Crippen LogP contribution in [-0.4, -0.2) is 49.3 Å². The largest absolute Gasteiger partial charge is 0.461 e. The highest BCUT2D eigenvalue weighted by Gasteiger charge is 2.49. The van der Waals surface area contributed by atoms with Crippen molar-refractivity contribution in [2.75, 3.05) is 0 Å². The molecule has 6 atom stereocenters. The van der Waals surface area contributed by atoms with Crippen LogP contribution in [0.15, 0.2) is 24.3 Å². The molecule has 29 heavy (non-hydrogen) atoms. The summed E-state index contributed by atoms with van der Waals surface area (Å²) in [5, 5.41) is 0. The maximum absolute atomic E-state index is 14.4. The van der Waals surface area contributed by atoms with Crippen LogP contribution >= 0.6 is 0 Å². The standard InChI is InChI=1S/C17H22F4O4.C4H8/c1-8(2)17(23)25-16-11(18)5-9(6-12(16)19)10-3-4-13(24-7-22)15(21)14(10)20;1-4(2)3/h7,9-16H,1,3-6H2,2H3;1H2,2-3H3. The molecule has 0 bridgehead atoms. The molecule has 2 aliphatic rings. The molecule has 0 radical (unpaired) electrons. The minimum atomic E-state index is -2.01. The number of alkyl halides is 4. The van der Waals surface area contributed by atoms with E-state index >= 15 is 0 Å². The topological polar surface area (TPSA) is 52.6 Å². The smallest absolute Gasteiger partial charge is 0.333 e. The summed E-state index contributed by atoms with van der Waals surface area (Å²) in [5.41, 5.74) is 1.19. The highest BCUT2D eigenvalue weighted by atomic mass is 19.2. The summed E-state index contributed by atoms with van der Waals surface area (Å²) in [6, 6.07) is 0. The van der Waals surface area contributed by atoms with Gasteiger partial charge in [0.15, 0.2) is 12.3 Å². The van der Waals surface area contributed by atoms with Gasteiger partial charge in [0, 0.05) is 5.57 Å². The first-order chi connectivity index (χ1) is 13.5. The van der Waals surface area contributed by atoms with E-state index in [4.69, 9.17) is 4.74 Å². The van der Waals surface area contributed by atoms with Gasteiger partial charge in [-0.05, 0) is 58.3 Å². The maximum atomic E-state index is 14.4. The molecule has 0 aromatic heterocycles. The Morgan fingerprint density at radius 2 is 1.48 bits per heavy atom. The van der Waals surface area contributed by atoms with Gasteiger partial charge < -0.3 is 9.47 Å². The number of carbonyl (C=O) groups is 2. The Hall–Kier alpha value is -1.86. The van der Waals surface area contributed by atoms with Crippen molar-refractivity contribution in [1.82, 2.24) is 0 Å². The second kappa shape index (κ2) is 11.4. The summed E-state index contributed by atoms with van der Waals surface area (Å²) >= 11 is 0. The monoisotopic (exact) mass is 422 g/mol. The molecular formula is C21H30F4O4. The SMILES string of the molecule is C=C(C)C.C=C(C)C(=O)OC1C(F)CC(C2CCC(OC=O)C(F)C2F)CC1F. The molecule has 6 unspecified atom stereocenters. The predicted molar refractivity (Wildman–Crippen MR) is 101 cm³/mol. The predicted octanol–water partition coefficient (Wildman–Crippen LogP) is 4.77. The lowest BCUT2D eigenvalue weighted by Gasteiger charge is -2.42. The van der Waals surface area contributed by atoms with E-state index < -0.39 is 54.7 Å². The lowest BCUT2D eigenvalue weighted by Crippen LogP contribution is -2.50. The van der Waals surface area contributed by atoms with Crippen LogP contribution in [0.5, 0.6) is 0 Å². The van der Waals surface area contributed by atoms with Crippen molar-refractivity contribution in [1.29, 1.82) is 0 Å². The van der Waals surface area contributed by atoms with Crippen molar-refractivity contribution >= 4 is 12.4 Å². The molecule has 0 saturated heterocycles. The van der Waals surface area contributed by atoms with Gasteiger partial charge >= 0.3 is 5.97 Å². The molecular weight excluding hydrogens is 392 g/mol. The molecule has 8 heteroatoms. The van der Waals surface area contributed by atoms with Crippen molar-refractivity contribution in [3.05, 3.63) is 24.3 Å². The maximum Gasteiger partial charge on any atom is 0.333 e. The Morgan fingerprint density at radius 1 is 0.966 bits per heavy atom. The third-order valence-electron chi connectivity index (χ3n) is 5.05. The van der Waals surface area contributed by atoms with Crippen LogP contribution in [-0.2, 0) is 19.1 Å². The van der Waals surface area contributed by atoms with E-state index in [1.54, 1.807) is 0 Å². The highest BCUT2D eigenvalue weighted by Crippen LogP contribution is 2.43. The molecule has 0 aliphatic heterocycles. The van der Waals surface area contributed by atoms with E-state index in [0.717, 1.165) is 0 Å². The van der Waals surface area contributed by atoms with E-state index in [-0.39, 0.29) is 37.7 Å². The number of rotatable bonds is 5. The van der Waals surface area contributed by atoms with Crippen molar-refractivity contribution < 1.29 is 36.6 Å². The van der Waals surface area contributed by atoms with Crippen LogP contribution in [0.1, 0.15) is 46.5 Å². The van der Waals surface area contributed by atoms with E-state index in [1.807, 2.05) is 13.8 Å². The first kappa shape index (κ1) is 25.2. The average Bonchev–Trinajstić information content (AvgIpc) is 2.61. The number of esters is 1. The quantitative estimate of drug-likeness (QED) is 0.211. The molecule has 166 valence electrons. The fourth-order valence-electron chi connectivity index (χ4n) is 3.72. The normalized spacial score (nSPS) is 36.8. The summed E-state index contributed by atoms with van der Waals surface area (Å²) in [4.78, 5) is 21.8. The highest BCUT2D eigenvalue weighted by molar-refractivity contribution is 5.87. The fourth-order valence-corrected chi connectivity index (χ4v) is 3.72. The molecule has 2 saturated carbocycles. The minimum Gasteiger partial charge on any atom is -0.461 e. The first-order valence-corrected chi connectivity index (χ1v) is 9.63. The molecule has 0 N–H and O–H groups in total. The molecule has 0 spiro atoms. The lowest BCUT2D eigenvalue weighted by atomic mass is 9.70. The van der Waals surface area contributed by atoms with Crippen molar-refractivity contribution in [3.63, 3.8) is 0 Å². The van der Waals surface area contributed by atoms with Gasteiger partial charge in [-0.1, -0.05) is 12.2 Å². The Balaban J connectivity index is 0.000000960. The van der Waals surface area contributed by atoms with Gasteiger partial charge in [0.05, 0.1) is 0 Å². The van der Waals surface area contributed by atoms with Gasteiger partial charge in [0.2, 0.25) is 0 Å². The van der Waals surface area contributed by atoms with Gasteiger partial charge in [-0.15, -0.1) is 6.58 Å². The van der Waals surface area contributed by atoms with Crippen LogP contribution in [0.25, 0.3) is 0 Å². The van der Waals surface area contributed by atoms with Crippen LogP contribution in [0, 0.1) is 11.8 Å². The van der Waals surface area contributed by atoms with Crippen molar-refractivity contribution in [3.8, 4) is 0 Å². The number of carbonyl (C=O) groups excluding carboxylic acids is 2. The van der Waals surface area contributed by atoms with Crippen LogP contribution in [0.3, 0.4) is 0 Å². The lowest BCUT2D eigenvalue weighted by molar-refractivity contribution is -0.160. The zero-order chi connectivity index (χ0) is 22.3. The minimum absolute atomic E-state index is 0.0270. The van der Waals surface area contributed by atoms with Gasteiger partial charge in [-0.25, -0.2) is 22.4 Å². The molecule has 0 amide bonds. The molecule has 4 nitrogen and oxygen atoms in total. The van der Waals surface area contributed by atoms with Crippen molar-refractivity contribution in [2.24, 2.45) is 11.8 Å². The van der Waals surface area contributed by atoms with Crippen LogP contribution in [0.2, 0.25) is 0 Å². The Bertz CT molecular complexity index is 581. The molecule has 2 aliphatic carbocycles. The summed E-state index contributed by atoms with van der Waals surface area (Å²) in [5.74, 6) is -2.46. The molecule has 2 fully saturated rings. The second-order valence-electron chi connectivity index (χ2n) is 8.02. The zero-order valence-electron chi connectivity index (χ0n) is 17.1. The van der Waals surface area contributed by atoms with E-state index in [0.29, 0.717) is 0 Å². The average molecular weight is 422 g/mol. The fraction of sp³-hybridized carbons (Fsp3) is 0.714. The number of allylic oxidation sites excluding steroid dienone is 1. The third kappa shape index (κ3) is 7.16. The second-order valence-corrected chi connectivity index (χ2v) is 8.02. The summed E-state index contributed by atoms with van der Waals surface area (Å²) < 4.78 is 66.3. The summed E-state index contributed by atoms with van der Waals surface area (Å²) in [6.07, 6.45) is -10.5.